The van der Waals surface area contributed by atoms with E-state index in [9.17, 15) is 5.11 Å². The molecule has 0 saturated heterocycles. The van der Waals surface area contributed by atoms with Crippen LogP contribution in [0.4, 0.5) is 0 Å². The number of aliphatic hydroxyl groups is 1. The predicted octanol–water partition coefficient (Wildman–Crippen LogP) is 6.69. The van der Waals surface area contributed by atoms with Gasteiger partial charge in [-0.25, -0.2) is 0 Å². The van der Waals surface area contributed by atoms with E-state index in [2.05, 4.69) is 13.8 Å². The molecular formula is C25H36O3. The van der Waals surface area contributed by atoms with E-state index in [1.807, 2.05) is 48.5 Å². The molecule has 2 aromatic rings. The molecule has 0 radical (unpaired) electrons. The van der Waals surface area contributed by atoms with Gasteiger partial charge in [-0.15, -0.1) is 0 Å². The Morgan fingerprint density at radius 2 is 1.00 bits per heavy atom. The molecule has 0 amide bonds. The molecule has 0 spiro atoms. The van der Waals surface area contributed by atoms with Crippen LogP contribution in [0.3, 0.4) is 0 Å². The first-order valence-corrected chi connectivity index (χ1v) is 10.9. The van der Waals surface area contributed by atoms with Gasteiger partial charge in [0.1, 0.15) is 17.6 Å². The van der Waals surface area contributed by atoms with E-state index >= 15 is 0 Å². The molecule has 0 aliphatic carbocycles. The maximum absolute atomic E-state index is 10.6. The minimum absolute atomic E-state index is 0.641. The highest BCUT2D eigenvalue weighted by molar-refractivity contribution is 5.36. The van der Waals surface area contributed by atoms with Crippen molar-refractivity contribution in [1.29, 1.82) is 0 Å². The number of aliphatic hydroxyl groups excluding tert-OH is 1. The van der Waals surface area contributed by atoms with Crippen molar-refractivity contribution in [2.75, 3.05) is 13.2 Å². The van der Waals surface area contributed by atoms with Gasteiger partial charge in [0, 0.05) is 0 Å². The van der Waals surface area contributed by atoms with Crippen molar-refractivity contribution in [2.45, 2.75) is 71.3 Å². The van der Waals surface area contributed by atoms with Gasteiger partial charge in [-0.2, -0.15) is 0 Å². The number of hydrogen-bond donors (Lipinski definition) is 1. The van der Waals surface area contributed by atoms with Gasteiger partial charge < -0.3 is 14.6 Å². The van der Waals surface area contributed by atoms with Crippen LogP contribution in [0.2, 0.25) is 0 Å². The zero-order chi connectivity index (χ0) is 20.0. The van der Waals surface area contributed by atoms with Gasteiger partial charge in [0.05, 0.1) is 13.2 Å². The van der Waals surface area contributed by atoms with Gasteiger partial charge in [0.15, 0.2) is 0 Å². The van der Waals surface area contributed by atoms with Crippen molar-refractivity contribution < 1.29 is 14.6 Å². The Morgan fingerprint density at radius 3 is 1.36 bits per heavy atom. The first-order valence-electron chi connectivity index (χ1n) is 10.9. The van der Waals surface area contributed by atoms with Gasteiger partial charge in [-0.3, -0.25) is 0 Å². The summed E-state index contributed by atoms with van der Waals surface area (Å²) in [5.41, 5.74) is 1.73. The summed E-state index contributed by atoms with van der Waals surface area (Å²) in [6.07, 6.45) is 8.96. The topological polar surface area (TPSA) is 38.7 Å². The standard InChI is InChI=1S/C25H36O3/c1-3-5-7-9-19-27-23-15-11-21(12-16-23)25(26)22-13-17-24(18-14-22)28-20-10-8-6-4-2/h11-18,25-26H,3-10,19-20H2,1-2H3. The van der Waals surface area contributed by atoms with E-state index in [0.717, 1.165) is 48.7 Å². The third-order valence-corrected chi connectivity index (χ3v) is 4.92. The minimum Gasteiger partial charge on any atom is -0.494 e. The molecule has 0 aliphatic heterocycles. The number of benzene rings is 2. The average Bonchev–Trinajstić information content (AvgIpc) is 2.74. The largest absolute Gasteiger partial charge is 0.494 e. The van der Waals surface area contributed by atoms with Crippen LogP contribution in [0.5, 0.6) is 11.5 Å². The van der Waals surface area contributed by atoms with Crippen molar-refractivity contribution in [3.63, 3.8) is 0 Å². The maximum Gasteiger partial charge on any atom is 0.119 e. The molecule has 0 bridgehead atoms. The summed E-state index contributed by atoms with van der Waals surface area (Å²) < 4.78 is 11.5. The molecule has 2 rings (SSSR count). The van der Waals surface area contributed by atoms with Gasteiger partial charge in [-0.05, 0) is 48.2 Å². The predicted molar refractivity (Wildman–Crippen MR) is 116 cm³/mol. The van der Waals surface area contributed by atoms with E-state index in [-0.39, 0.29) is 0 Å². The lowest BCUT2D eigenvalue weighted by molar-refractivity contribution is 0.220. The summed E-state index contributed by atoms with van der Waals surface area (Å²) >= 11 is 0. The first kappa shape index (κ1) is 22.3. The number of hydrogen-bond acceptors (Lipinski definition) is 3. The summed E-state index contributed by atoms with van der Waals surface area (Å²) in [6.45, 7) is 5.92. The molecule has 3 nitrogen and oxygen atoms in total. The van der Waals surface area contributed by atoms with Crippen LogP contribution < -0.4 is 9.47 Å². The second-order valence-corrected chi connectivity index (χ2v) is 7.36. The molecule has 0 heterocycles. The highest BCUT2D eigenvalue weighted by atomic mass is 16.5. The Kier molecular flexibility index (Phi) is 10.5. The lowest BCUT2D eigenvalue weighted by atomic mass is 10.0. The summed E-state index contributed by atoms with van der Waals surface area (Å²) in [5.74, 6) is 1.72. The van der Waals surface area contributed by atoms with Gasteiger partial charge in [0.2, 0.25) is 0 Å². The van der Waals surface area contributed by atoms with E-state index in [1.54, 1.807) is 0 Å². The van der Waals surface area contributed by atoms with Crippen molar-refractivity contribution in [3.05, 3.63) is 59.7 Å². The van der Waals surface area contributed by atoms with Crippen LogP contribution in [0, 0.1) is 0 Å². The molecular weight excluding hydrogens is 348 g/mol. The van der Waals surface area contributed by atoms with E-state index in [4.69, 9.17) is 9.47 Å². The molecule has 154 valence electrons. The molecule has 0 aromatic heterocycles. The van der Waals surface area contributed by atoms with E-state index in [1.165, 1.54) is 38.5 Å². The molecule has 3 heteroatoms. The SMILES string of the molecule is CCCCCCOc1ccc(C(O)c2ccc(OCCCCCC)cc2)cc1. The van der Waals surface area contributed by atoms with Crippen LogP contribution in [-0.2, 0) is 0 Å². The summed E-state index contributed by atoms with van der Waals surface area (Å²) in [4.78, 5) is 0. The third kappa shape index (κ3) is 7.93. The van der Waals surface area contributed by atoms with Gasteiger partial charge in [-0.1, -0.05) is 76.6 Å². The Hall–Kier alpha value is -2.00. The monoisotopic (exact) mass is 384 g/mol. The van der Waals surface area contributed by atoms with Crippen molar-refractivity contribution >= 4 is 0 Å². The van der Waals surface area contributed by atoms with Crippen LogP contribution in [0.15, 0.2) is 48.5 Å². The molecule has 0 saturated carbocycles. The van der Waals surface area contributed by atoms with Crippen molar-refractivity contribution in [3.8, 4) is 11.5 Å². The van der Waals surface area contributed by atoms with E-state index < -0.39 is 6.10 Å². The van der Waals surface area contributed by atoms with Crippen LogP contribution in [0.25, 0.3) is 0 Å². The quantitative estimate of drug-likeness (QED) is 0.369. The Balaban J connectivity index is 1.79. The second kappa shape index (κ2) is 13.2. The van der Waals surface area contributed by atoms with Gasteiger partial charge >= 0.3 is 0 Å². The lowest BCUT2D eigenvalue weighted by Gasteiger charge is -2.14. The fraction of sp³-hybridized carbons (Fsp3) is 0.520. The molecule has 0 unspecified atom stereocenters. The average molecular weight is 385 g/mol. The summed E-state index contributed by atoms with van der Waals surface area (Å²) in [6, 6.07) is 15.5. The van der Waals surface area contributed by atoms with E-state index in [0.29, 0.717) is 0 Å². The highest BCUT2D eigenvalue weighted by Crippen LogP contribution is 2.26. The molecule has 28 heavy (non-hydrogen) atoms. The Morgan fingerprint density at radius 1 is 0.607 bits per heavy atom. The van der Waals surface area contributed by atoms with Crippen molar-refractivity contribution in [1.82, 2.24) is 0 Å². The number of unbranched alkanes of at least 4 members (excludes halogenated alkanes) is 6. The minimum atomic E-state index is -0.641. The maximum atomic E-state index is 10.6. The van der Waals surface area contributed by atoms with Crippen LogP contribution in [0.1, 0.15) is 82.4 Å². The smallest absolute Gasteiger partial charge is 0.119 e. The fourth-order valence-electron chi connectivity index (χ4n) is 3.12. The zero-order valence-electron chi connectivity index (χ0n) is 17.5. The first-order chi connectivity index (χ1) is 13.7. The normalized spacial score (nSPS) is 11.0. The highest BCUT2D eigenvalue weighted by Gasteiger charge is 2.10. The lowest BCUT2D eigenvalue weighted by Crippen LogP contribution is -2.02. The molecule has 2 aromatic carbocycles. The van der Waals surface area contributed by atoms with Crippen molar-refractivity contribution in [2.24, 2.45) is 0 Å². The molecule has 1 N–H and O–H groups in total. The van der Waals surface area contributed by atoms with Crippen LogP contribution in [-0.4, -0.2) is 18.3 Å². The zero-order valence-corrected chi connectivity index (χ0v) is 17.5. The number of ether oxygens (including phenoxy) is 2. The molecule has 0 atom stereocenters. The third-order valence-electron chi connectivity index (χ3n) is 4.92. The molecule has 0 fully saturated rings. The summed E-state index contributed by atoms with van der Waals surface area (Å²) in [7, 11) is 0. The Bertz CT molecular complexity index is 576. The van der Waals surface area contributed by atoms with Gasteiger partial charge in [0.25, 0.3) is 0 Å². The fourth-order valence-corrected chi connectivity index (χ4v) is 3.12. The Labute approximate surface area is 170 Å². The summed E-state index contributed by atoms with van der Waals surface area (Å²) in [5, 5.41) is 10.6. The second-order valence-electron chi connectivity index (χ2n) is 7.36. The molecule has 0 aliphatic rings. The number of rotatable bonds is 14. The van der Waals surface area contributed by atoms with Crippen LogP contribution >= 0.6 is 0 Å².